The van der Waals surface area contributed by atoms with Crippen LogP contribution in [0, 0.1) is 0 Å². The van der Waals surface area contributed by atoms with Gasteiger partial charge in [0.25, 0.3) is 5.91 Å². The van der Waals surface area contributed by atoms with Gasteiger partial charge in [-0.25, -0.2) is 0 Å². The first-order chi connectivity index (χ1) is 12.9. The van der Waals surface area contributed by atoms with Gasteiger partial charge in [-0.2, -0.15) is 13.2 Å². The van der Waals surface area contributed by atoms with E-state index in [-0.39, 0.29) is 11.5 Å². The van der Waals surface area contributed by atoms with Crippen LogP contribution in [0.5, 0.6) is 11.5 Å². The molecule has 1 amide bonds. The molecule has 0 aromatic heterocycles. The summed E-state index contributed by atoms with van der Waals surface area (Å²) in [7, 11) is 2.91. The van der Waals surface area contributed by atoms with Crippen LogP contribution in [-0.4, -0.2) is 37.3 Å². The van der Waals surface area contributed by atoms with Crippen molar-refractivity contribution in [2.45, 2.75) is 11.6 Å². The van der Waals surface area contributed by atoms with Gasteiger partial charge in [-0.15, -0.1) is 11.8 Å². The maximum absolute atomic E-state index is 13.2. The molecule has 0 N–H and O–H groups in total. The summed E-state index contributed by atoms with van der Waals surface area (Å²) in [5.41, 5.74) is -0.0220. The van der Waals surface area contributed by atoms with Crippen LogP contribution in [0.1, 0.15) is 26.9 Å². The Kier molecular flexibility index (Phi) is 5.55. The van der Waals surface area contributed by atoms with Crippen LogP contribution in [-0.2, 0) is 6.18 Å². The van der Waals surface area contributed by atoms with Crippen molar-refractivity contribution in [3.8, 4) is 11.5 Å². The predicted molar refractivity (Wildman–Crippen MR) is 97.2 cm³/mol. The quantitative estimate of drug-likeness (QED) is 0.755. The standard InChI is InChI=1S/C19H18F3NO3S/c1-25-14-7-4-8-15(26-2)16(14)17(24)23-9-10-27-18(23)12-5-3-6-13(11-12)19(20,21)22/h3-8,11,18H,9-10H2,1-2H3/t18-/m0/s1. The minimum Gasteiger partial charge on any atom is -0.496 e. The molecule has 1 atom stereocenters. The zero-order valence-corrected chi connectivity index (χ0v) is 15.6. The predicted octanol–water partition coefficient (Wildman–Crippen LogP) is 4.61. The van der Waals surface area contributed by atoms with Crippen molar-refractivity contribution < 1.29 is 27.4 Å². The number of carbonyl (C=O) groups is 1. The molecule has 2 aromatic carbocycles. The Hall–Kier alpha value is -2.35. The summed E-state index contributed by atoms with van der Waals surface area (Å²) < 4.78 is 49.7. The van der Waals surface area contributed by atoms with Crippen LogP contribution >= 0.6 is 11.8 Å². The molecule has 0 spiro atoms. The number of alkyl halides is 3. The fourth-order valence-electron chi connectivity index (χ4n) is 3.03. The second kappa shape index (κ2) is 7.72. The molecule has 144 valence electrons. The van der Waals surface area contributed by atoms with Crippen LogP contribution < -0.4 is 9.47 Å². The first kappa shape index (κ1) is 19.4. The summed E-state index contributed by atoms with van der Waals surface area (Å²) in [4.78, 5) is 14.8. The number of thioether (sulfide) groups is 1. The van der Waals surface area contributed by atoms with Gasteiger partial charge in [0, 0.05) is 12.3 Å². The lowest BCUT2D eigenvalue weighted by Gasteiger charge is -2.26. The van der Waals surface area contributed by atoms with Crippen molar-refractivity contribution in [1.29, 1.82) is 0 Å². The molecule has 27 heavy (non-hydrogen) atoms. The van der Waals surface area contributed by atoms with E-state index >= 15 is 0 Å². The van der Waals surface area contributed by atoms with E-state index in [4.69, 9.17) is 9.47 Å². The molecule has 8 heteroatoms. The number of hydrogen-bond donors (Lipinski definition) is 0. The van der Waals surface area contributed by atoms with Gasteiger partial charge in [0.2, 0.25) is 0 Å². The minimum absolute atomic E-state index is 0.266. The van der Waals surface area contributed by atoms with Gasteiger partial charge < -0.3 is 14.4 Å². The lowest BCUT2D eigenvalue weighted by atomic mass is 10.1. The molecule has 1 aliphatic rings. The van der Waals surface area contributed by atoms with Crippen LogP contribution in [0.4, 0.5) is 13.2 Å². The summed E-state index contributed by atoms with van der Waals surface area (Å²) in [5, 5.41) is -0.505. The number of methoxy groups -OCH3 is 2. The maximum Gasteiger partial charge on any atom is 0.416 e. The molecule has 0 unspecified atom stereocenters. The molecule has 1 saturated heterocycles. The van der Waals surface area contributed by atoms with E-state index in [0.29, 0.717) is 29.4 Å². The highest BCUT2D eigenvalue weighted by Crippen LogP contribution is 2.42. The van der Waals surface area contributed by atoms with Crippen LogP contribution in [0.25, 0.3) is 0 Å². The van der Waals surface area contributed by atoms with E-state index in [1.165, 1.54) is 32.0 Å². The molecule has 2 aromatic rings. The molecule has 0 saturated carbocycles. The summed E-state index contributed by atoms with van der Waals surface area (Å²) in [5.74, 6) is 1.01. The van der Waals surface area contributed by atoms with Gasteiger partial charge in [-0.05, 0) is 29.8 Å². The Morgan fingerprint density at radius 3 is 2.33 bits per heavy atom. The third-order valence-electron chi connectivity index (χ3n) is 4.29. The fraction of sp³-hybridized carbons (Fsp3) is 0.316. The summed E-state index contributed by atoms with van der Waals surface area (Å²) in [6.07, 6.45) is -4.43. The average molecular weight is 397 g/mol. The fourth-order valence-corrected chi connectivity index (χ4v) is 4.27. The number of rotatable bonds is 4. The lowest BCUT2D eigenvalue weighted by Crippen LogP contribution is -2.31. The van der Waals surface area contributed by atoms with Crippen LogP contribution in [0.2, 0.25) is 0 Å². The van der Waals surface area contributed by atoms with Crippen molar-refractivity contribution in [2.24, 2.45) is 0 Å². The smallest absolute Gasteiger partial charge is 0.416 e. The SMILES string of the molecule is COc1cccc(OC)c1C(=O)N1CCS[C@H]1c1cccc(C(F)(F)F)c1. The monoisotopic (exact) mass is 397 g/mol. The number of carbonyl (C=O) groups excluding carboxylic acids is 1. The van der Waals surface area contributed by atoms with Crippen LogP contribution in [0.15, 0.2) is 42.5 Å². The highest BCUT2D eigenvalue weighted by molar-refractivity contribution is 7.99. The molecule has 1 aliphatic heterocycles. The largest absolute Gasteiger partial charge is 0.496 e. The van der Waals surface area contributed by atoms with E-state index < -0.39 is 17.1 Å². The summed E-state index contributed by atoms with van der Waals surface area (Å²) in [6.45, 7) is 0.422. The Balaban J connectivity index is 1.97. The average Bonchev–Trinajstić information content (AvgIpc) is 3.16. The van der Waals surface area contributed by atoms with Gasteiger partial charge in [0.1, 0.15) is 22.4 Å². The van der Waals surface area contributed by atoms with E-state index in [1.807, 2.05) is 0 Å². The van der Waals surface area contributed by atoms with E-state index in [9.17, 15) is 18.0 Å². The number of hydrogen-bond acceptors (Lipinski definition) is 4. The number of ether oxygens (including phenoxy) is 2. The zero-order chi connectivity index (χ0) is 19.6. The van der Waals surface area contributed by atoms with Gasteiger partial charge in [0.05, 0.1) is 19.8 Å². The van der Waals surface area contributed by atoms with Crippen molar-refractivity contribution in [2.75, 3.05) is 26.5 Å². The normalized spacial score (nSPS) is 17.1. The first-order valence-corrected chi connectivity index (χ1v) is 9.22. The minimum atomic E-state index is -4.43. The Morgan fingerprint density at radius 1 is 1.11 bits per heavy atom. The van der Waals surface area contributed by atoms with Crippen molar-refractivity contribution in [1.82, 2.24) is 4.90 Å². The molecule has 1 heterocycles. The van der Waals surface area contributed by atoms with Gasteiger partial charge in [0.15, 0.2) is 0 Å². The lowest BCUT2D eigenvalue weighted by molar-refractivity contribution is -0.137. The van der Waals surface area contributed by atoms with Gasteiger partial charge in [-0.1, -0.05) is 18.2 Å². The van der Waals surface area contributed by atoms with Crippen molar-refractivity contribution in [3.05, 3.63) is 59.2 Å². The Labute approximate surface area is 159 Å². The third-order valence-corrected chi connectivity index (χ3v) is 5.55. The number of halogens is 3. The van der Waals surface area contributed by atoms with Crippen LogP contribution in [0.3, 0.4) is 0 Å². The van der Waals surface area contributed by atoms with Gasteiger partial charge >= 0.3 is 6.18 Å². The molecular weight excluding hydrogens is 379 g/mol. The molecule has 1 fully saturated rings. The van der Waals surface area contributed by atoms with Crippen molar-refractivity contribution in [3.63, 3.8) is 0 Å². The highest BCUT2D eigenvalue weighted by Gasteiger charge is 2.36. The summed E-state index contributed by atoms with van der Waals surface area (Å²) in [6, 6.07) is 10.1. The third kappa shape index (κ3) is 3.85. The first-order valence-electron chi connectivity index (χ1n) is 8.17. The van der Waals surface area contributed by atoms with Crippen molar-refractivity contribution >= 4 is 17.7 Å². The number of benzene rings is 2. The maximum atomic E-state index is 13.2. The topological polar surface area (TPSA) is 38.8 Å². The highest BCUT2D eigenvalue weighted by atomic mass is 32.2. The molecule has 0 aliphatic carbocycles. The molecule has 3 rings (SSSR count). The molecule has 4 nitrogen and oxygen atoms in total. The molecule has 0 radical (unpaired) electrons. The Morgan fingerprint density at radius 2 is 1.74 bits per heavy atom. The zero-order valence-electron chi connectivity index (χ0n) is 14.7. The van der Waals surface area contributed by atoms with E-state index in [1.54, 1.807) is 29.2 Å². The van der Waals surface area contributed by atoms with Gasteiger partial charge in [-0.3, -0.25) is 4.79 Å². The van der Waals surface area contributed by atoms with E-state index in [2.05, 4.69) is 0 Å². The number of nitrogens with zero attached hydrogens (tertiary/aromatic N) is 1. The van der Waals surface area contributed by atoms with E-state index in [0.717, 1.165) is 12.1 Å². The second-order valence-corrected chi connectivity index (χ2v) is 7.07. The second-order valence-electron chi connectivity index (χ2n) is 5.88. The molecule has 0 bridgehead atoms. The molecular formula is C19H18F3NO3S. The summed E-state index contributed by atoms with van der Waals surface area (Å²) >= 11 is 1.43. The number of amides is 1. The Bertz CT molecular complexity index is 819.